The molecule has 0 spiro atoms. The Morgan fingerprint density at radius 2 is 0.964 bits per heavy atom. The Balaban J connectivity index is 1.13. The van der Waals surface area contributed by atoms with E-state index in [0.29, 0.717) is 5.56 Å². The minimum Gasteiger partial charge on any atom is -0.309 e. The standard InChI is InChI=1S/C51H30N4/c52-31-32-12-22-48-44(26-32)45-30-35(17-23-49(45)55(48)39-8-2-1-3-9-39)40-18-13-33-16-21-43-41(19-14-34-15-20-42(40)50(33)51(34)43)36-27-37(46-10-4-6-24-53-46)29-38(28-36)47-11-5-7-25-54-47/h1-30H. The van der Waals surface area contributed by atoms with Gasteiger partial charge in [-0.15, -0.1) is 0 Å². The van der Waals surface area contributed by atoms with E-state index < -0.39 is 0 Å². The second-order valence-corrected chi connectivity index (χ2v) is 14.1. The molecule has 0 bridgehead atoms. The molecule has 4 nitrogen and oxygen atoms in total. The van der Waals surface area contributed by atoms with Gasteiger partial charge >= 0.3 is 0 Å². The zero-order valence-electron chi connectivity index (χ0n) is 29.6. The number of aromatic nitrogens is 3. The topological polar surface area (TPSA) is 54.5 Å². The molecule has 11 aromatic rings. The Bertz CT molecular complexity index is 3250. The molecular weight excluding hydrogens is 669 g/mol. The summed E-state index contributed by atoms with van der Waals surface area (Å²) < 4.78 is 2.30. The number of nitriles is 1. The number of benzene rings is 8. The van der Waals surface area contributed by atoms with Gasteiger partial charge in [-0.05, 0) is 140 Å². The van der Waals surface area contributed by atoms with Gasteiger partial charge in [-0.25, -0.2) is 0 Å². The maximum absolute atomic E-state index is 9.84. The molecular formula is C51H30N4. The van der Waals surface area contributed by atoms with Crippen LogP contribution in [0, 0.1) is 11.3 Å². The van der Waals surface area contributed by atoms with Crippen molar-refractivity contribution in [1.29, 1.82) is 5.26 Å². The Morgan fingerprint density at radius 3 is 1.56 bits per heavy atom. The number of rotatable bonds is 5. The first kappa shape index (κ1) is 31.0. The molecule has 11 rings (SSSR count). The summed E-state index contributed by atoms with van der Waals surface area (Å²) >= 11 is 0. The third-order valence-corrected chi connectivity index (χ3v) is 11.0. The van der Waals surface area contributed by atoms with Gasteiger partial charge in [-0.3, -0.25) is 9.97 Å². The summed E-state index contributed by atoms with van der Waals surface area (Å²) in [7, 11) is 0. The lowest BCUT2D eigenvalue weighted by atomic mass is 9.86. The number of pyridine rings is 2. The quantitative estimate of drug-likeness (QED) is 0.168. The first-order valence-electron chi connectivity index (χ1n) is 18.4. The molecule has 0 saturated heterocycles. The Kier molecular flexibility index (Phi) is 6.89. The Labute approximate surface area is 317 Å². The molecule has 0 fully saturated rings. The summed E-state index contributed by atoms with van der Waals surface area (Å²) in [5.74, 6) is 0. The van der Waals surface area contributed by atoms with Gasteiger partial charge in [0.15, 0.2) is 0 Å². The van der Waals surface area contributed by atoms with Gasteiger partial charge in [0, 0.05) is 40.0 Å². The number of hydrogen-bond acceptors (Lipinski definition) is 3. The van der Waals surface area contributed by atoms with Crippen molar-refractivity contribution in [2.45, 2.75) is 0 Å². The average Bonchev–Trinajstić information content (AvgIpc) is 3.59. The van der Waals surface area contributed by atoms with E-state index in [1.54, 1.807) is 0 Å². The lowest BCUT2D eigenvalue weighted by Crippen LogP contribution is -1.93. The van der Waals surface area contributed by atoms with Crippen molar-refractivity contribution < 1.29 is 0 Å². The minimum atomic E-state index is 0.654. The smallest absolute Gasteiger partial charge is 0.0991 e. The molecule has 0 aliphatic heterocycles. The second kappa shape index (κ2) is 12.2. The molecule has 3 aromatic heterocycles. The summed E-state index contributed by atoms with van der Waals surface area (Å²) in [6, 6.07) is 62.5. The van der Waals surface area contributed by atoms with E-state index in [1.807, 2.05) is 54.9 Å². The van der Waals surface area contributed by atoms with Gasteiger partial charge < -0.3 is 4.57 Å². The fraction of sp³-hybridized carbons (Fsp3) is 0. The highest BCUT2D eigenvalue weighted by molar-refractivity contribution is 6.28. The molecule has 55 heavy (non-hydrogen) atoms. The molecule has 0 atom stereocenters. The number of hydrogen-bond donors (Lipinski definition) is 0. The van der Waals surface area contributed by atoms with E-state index in [4.69, 9.17) is 9.97 Å². The minimum absolute atomic E-state index is 0.654. The van der Waals surface area contributed by atoms with Gasteiger partial charge in [0.2, 0.25) is 0 Å². The van der Waals surface area contributed by atoms with Crippen molar-refractivity contribution in [3.63, 3.8) is 0 Å². The third kappa shape index (κ3) is 4.91. The molecule has 0 radical (unpaired) electrons. The first-order valence-corrected chi connectivity index (χ1v) is 18.4. The highest BCUT2D eigenvalue weighted by Crippen LogP contribution is 2.44. The molecule has 0 aliphatic carbocycles. The summed E-state index contributed by atoms with van der Waals surface area (Å²) in [5, 5.41) is 19.4. The Morgan fingerprint density at radius 1 is 0.418 bits per heavy atom. The number of para-hydroxylation sites is 1. The monoisotopic (exact) mass is 698 g/mol. The zero-order chi connectivity index (χ0) is 36.5. The van der Waals surface area contributed by atoms with E-state index in [1.165, 1.54) is 43.4 Å². The molecule has 0 amide bonds. The van der Waals surface area contributed by atoms with Crippen LogP contribution in [0.3, 0.4) is 0 Å². The van der Waals surface area contributed by atoms with Crippen LogP contribution in [0.5, 0.6) is 0 Å². The van der Waals surface area contributed by atoms with Crippen LogP contribution in [-0.2, 0) is 0 Å². The van der Waals surface area contributed by atoms with E-state index in [-0.39, 0.29) is 0 Å². The van der Waals surface area contributed by atoms with Crippen LogP contribution in [0.4, 0.5) is 0 Å². The third-order valence-electron chi connectivity index (χ3n) is 11.0. The molecule has 0 N–H and O–H groups in total. The SMILES string of the molecule is N#Cc1ccc2c(c1)c1cc(-c3ccc4ccc5c(-c6cc(-c7ccccn7)cc(-c7ccccn7)c6)ccc6ccc3c4c65)ccc1n2-c1ccccc1. The van der Waals surface area contributed by atoms with Gasteiger partial charge in [0.1, 0.15) is 0 Å². The first-order chi connectivity index (χ1) is 27.2. The fourth-order valence-electron chi connectivity index (χ4n) is 8.57. The van der Waals surface area contributed by atoms with Crippen LogP contribution >= 0.6 is 0 Å². The summed E-state index contributed by atoms with van der Waals surface area (Å²) in [6.07, 6.45) is 3.69. The molecule has 4 heteroatoms. The van der Waals surface area contributed by atoms with Gasteiger partial charge in [-0.1, -0.05) is 84.9 Å². The van der Waals surface area contributed by atoms with Crippen LogP contribution in [0.1, 0.15) is 5.56 Å². The Hall–Kier alpha value is -7.61. The summed E-state index contributed by atoms with van der Waals surface area (Å²) in [4.78, 5) is 9.42. The van der Waals surface area contributed by atoms with Crippen LogP contribution in [0.15, 0.2) is 182 Å². The maximum Gasteiger partial charge on any atom is 0.0991 e. The average molecular weight is 699 g/mol. The molecule has 8 aromatic carbocycles. The number of fused-ring (bicyclic) bond motifs is 3. The van der Waals surface area contributed by atoms with Crippen LogP contribution in [0.2, 0.25) is 0 Å². The lowest BCUT2D eigenvalue weighted by Gasteiger charge is -2.17. The van der Waals surface area contributed by atoms with E-state index >= 15 is 0 Å². The second-order valence-electron chi connectivity index (χ2n) is 14.1. The van der Waals surface area contributed by atoms with E-state index in [9.17, 15) is 5.26 Å². The van der Waals surface area contributed by atoms with E-state index in [0.717, 1.165) is 61.1 Å². The van der Waals surface area contributed by atoms with Gasteiger partial charge in [0.05, 0.1) is 34.1 Å². The predicted octanol–water partition coefficient (Wildman–Crippen LogP) is 13.0. The molecule has 0 aliphatic rings. The van der Waals surface area contributed by atoms with Crippen LogP contribution in [-0.4, -0.2) is 14.5 Å². The highest BCUT2D eigenvalue weighted by Gasteiger charge is 2.18. The molecule has 254 valence electrons. The van der Waals surface area contributed by atoms with Gasteiger partial charge in [-0.2, -0.15) is 5.26 Å². The van der Waals surface area contributed by atoms with Crippen LogP contribution < -0.4 is 0 Å². The van der Waals surface area contributed by atoms with Crippen molar-refractivity contribution in [2.75, 3.05) is 0 Å². The van der Waals surface area contributed by atoms with Crippen molar-refractivity contribution in [3.8, 4) is 56.5 Å². The van der Waals surface area contributed by atoms with E-state index in [2.05, 4.69) is 138 Å². The molecule has 0 saturated carbocycles. The van der Waals surface area contributed by atoms with Crippen molar-refractivity contribution >= 4 is 54.1 Å². The molecule has 3 heterocycles. The number of nitrogens with zero attached hydrogens (tertiary/aromatic N) is 4. The fourth-order valence-corrected chi connectivity index (χ4v) is 8.57. The predicted molar refractivity (Wildman–Crippen MR) is 227 cm³/mol. The summed E-state index contributed by atoms with van der Waals surface area (Å²) in [6.45, 7) is 0. The summed E-state index contributed by atoms with van der Waals surface area (Å²) in [5.41, 5.74) is 12.5. The zero-order valence-corrected chi connectivity index (χ0v) is 29.6. The lowest BCUT2D eigenvalue weighted by molar-refractivity contribution is 1.18. The normalized spacial score (nSPS) is 11.6. The van der Waals surface area contributed by atoms with Gasteiger partial charge in [0.25, 0.3) is 0 Å². The van der Waals surface area contributed by atoms with Crippen LogP contribution in [0.25, 0.3) is 105 Å². The van der Waals surface area contributed by atoms with Crippen molar-refractivity contribution in [2.24, 2.45) is 0 Å². The highest BCUT2D eigenvalue weighted by atomic mass is 15.0. The van der Waals surface area contributed by atoms with Crippen molar-refractivity contribution in [1.82, 2.24) is 14.5 Å². The molecule has 0 unspecified atom stereocenters. The maximum atomic E-state index is 9.84. The largest absolute Gasteiger partial charge is 0.309 e. The van der Waals surface area contributed by atoms with Crippen molar-refractivity contribution in [3.05, 3.63) is 188 Å².